The molecule has 0 radical (unpaired) electrons. The molecule has 1 aliphatic heterocycles. The van der Waals surface area contributed by atoms with E-state index in [1.165, 1.54) is 0 Å². The Kier molecular flexibility index (Phi) is 5.53. The SMILES string of the molecule is Cc1ccn(CCC(=O)NCc2ccnc([C@@H]3CCCOC3)n2)n1. The largest absolute Gasteiger partial charge is 0.381 e. The summed E-state index contributed by atoms with van der Waals surface area (Å²) in [7, 11) is 0. The Morgan fingerprint density at radius 3 is 3.12 bits per heavy atom. The van der Waals surface area contributed by atoms with Crippen molar-refractivity contribution in [3.05, 3.63) is 41.7 Å². The summed E-state index contributed by atoms with van der Waals surface area (Å²) in [5.74, 6) is 1.07. The number of nitrogens with zero attached hydrogens (tertiary/aromatic N) is 4. The molecule has 2 aromatic heterocycles. The van der Waals surface area contributed by atoms with Gasteiger partial charge in [-0.2, -0.15) is 5.10 Å². The van der Waals surface area contributed by atoms with Gasteiger partial charge < -0.3 is 10.1 Å². The van der Waals surface area contributed by atoms with Gasteiger partial charge in [0.05, 0.1) is 24.5 Å². The van der Waals surface area contributed by atoms with Crippen LogP contribution in [0.3, 0.4) is 0 Å². The van der Waals surface area contributed by atoms with Crippen LogP contribution in [0.2, 0.25) is 0 Å². The Balaban J connectivity index is 1.47. The fourth-order valence-electron chi connectivity index (χ4n) is 2.73. The van der Waals surface area contributed by atoms with E-state index in [4.69, 9.17) is 4.74 Å². The summed E-state index contributed by atoms with van der Waals surface area (Å²) < 4.78 is 7.27. The first-order valence-electron chi connectivity index (χ1n) is 8.37. The molecule has 1 fully saturated rings. The van der Waals surface area contributed by atoms with Gasteiger partial charge in [0.1, 0.15) is 5.82 Å². The van der Waals surface area contributed by atoms with Gasteiger partial charge in [0.25, 0.3) is 0 Å². The van der Waals surface area contributed by atoms with Crippen molar-refractivity contribution in [2.75, 3.05) is 13.2 Å². The molecule has 1 aliphatic rings. The fraction of sp³-hybridized carbons (Fsp3) is 0.529. The van der Waals surface area contributed by atoms with E-state index in [-0.39, 0.29) is 11.8 Å². The molecule has 24 heavy (non-hydrogen) atoms. The molecule has 3 heterocycles. The summed E-state index contributed by atoms with van der Waals surface area (Å²) in [6.45, 7) is 4.43. The van der Waals surface area contributed by atoms with Crippen LogP contribution in [0, 0.1) is 6.92 Å². The topological polar surface area (TPSA) is 81.9 Å². The highest BCUT2D eigenvalue weighted by molar-refractivity contribution is 5.75. The van der Waals surface area contributed by atoms with Gasteiger partial charge in [-0.1, -0.05) is 0 Å². The molecule has 1 N–H and O–H groups in total. The van der Waals surface area contributed by atoms with Gasteiger partial charge in [-0.05, 0) is 31.9 Å². The smallest absolute Gasteiger partial charge is 0.222 e. The molecule has 7 nitrogen and oxygen atoms in total. The van der Waals surface area contributed by atoms with Crippen LogP contribution >= 0.6 is 0 Å². The molecule has 3 rings (SSSR count). The van der Waals surface area contributed by atoms with Gasteiger partial charge in [-0.25, -0.2) is 9.97 Å². The van der Waals surface area contributed by atoms with Gasteiger partial charge in [0.15, 0.2) is 0 Å². The molecule has 7 heteroatoms. The van der Waals surface area contributed by atoms with E-state index in [0.29, 0.717) is 26.1 Å². The van der Waals surface area contributed by atoms with E-state index in [1.807, 2.05) is 25.3 Å². The Hall–Kier alpha value is -2.28. The minimum Gasteiger partial charge on any atom is -0.381 e. The highest BCUT2D eigenvalue weighted by atomic mass is 16.5. The van der Waals surface area contributed by atoms with Crippen LogP contribution in [0.1, 0.15) is 42.4 Å². The minimum absolute atomic E-state index is 0.00989. The van der Waals surface area contributed by atoms with E-state index in [2.05, 4.69) is 20.4 Å². The second kappa shape index (κ2) is 8.01. The molecule has 0 saturated carbocycles. The van der Waals surface area contributed by atoms with E-state index >= 15 is 0 Å². The maximum atomic E-state index is 12.0. The second-order valence-electron chi connectivity index (χ2n) is 6.07. The van der Waals surface area contributed by atoms with Gasteiger partial charge in [0, 0.05) is 37.9 Å². The molecule has 1 amide bonds. The van der Waals surface area contributed by atoms with E-state index in [1.54, 1.807) is 10.9 Å². The highest BCUT2D eigenvalue weighted by Gasteiger charge is 2.18. The minimum atomic E-state index is -0.00989. The molecular weight excluding hydrogens is 306 g/mol. The Labute approximate surface area is 141 Å². The van der Waals surface area contributed by atoms with E-state index < -0.39 is 0 Å². The predicted octanol–water partition coefficient (Wildman–Crippen LogP) is 1.58. The summed E-state index contributed by atoms with van der Waals surface area (Å²) in [6.07, 6.45) is 6.13. The zero-order valence-electron chi connectivity index (χ0n) is 13.9. The summed E-state index contributed by atoms with van der Waals surface area (Å²) in [4.78, 5) is 20.9. The van der Waals surface area contributed by atoms with Crippen LogP contribution in [0.15, 0.2) is 24.5 Å². The first kappa shape index (κ1) is 16.6. The molecule has 2 aromatic rings. The van der Waals surface area contributed by atoms with Gasteiger partial charge in [-0.3, -0.25) is 9.48 Å². The number of amides is 1. The first-order chi connectivity index (χ1) is 11.7. The lowest BCUT2D eigenvalue weighted by molar-refractivity contribution is -0.121. The van der Waals surface area contributed by atoms with Crippen molar-refractivity contribution in [3.63, 3.8) is 0 Å². The third-order valence-electron chi connectivity index (χ3n) is 4.07. The lowest BCUT2D eigenvalue weighted by Gasteiger charge is -2.20. The van der Waals surface area contributed by atoms with Crippen LogP contribution in [0.5, 0.6) is 0 Å². The number of ether oxygens (including phenoxy) is 1. The van der Waals surface area contributed by atoms with Crippen molar-refractivity contribution < 1.29 is 9.53 Å². The third-order valence-corrected chi connectivity index (χ3v) is 4.07. The number of aryl methyl sites for hydroxylation is 2. The number of rotatable bonds is 6. The van der Waals surface area contributed by atoms with Crippen LogP contribution in [0.4, 0.5) is 0 Å². The fourth-order valence-corrected chi connectivity index (χ4v) is 2.73. The molecule has 0 unspecified atom stereocenters. The predicted molar refractivity (Wildman–Crippen MR) is 88.3 cm³/mol. The standard InChI is InChI=1S/C17H23N5O2/c1-13-5-8-22(21-13)9-6-16(23)19-11-15-4-7-18-17(20-15)14-3-2-10-24-12-14/h4-5,7-8,14H,2-3,6,9-12H2,1H3,(H,19,23)/t14-/m1/s1. The third kappa shape index (κ3) is 4.61. The molecule has 1 saturated heterocycles. The number of carbonyl (C=O) groups excluding carboxylic acids is 1. The van der Waals surface area contributed by atoms with Crippen LogP contribution in [0.25, 0.3) is 0 Å². The Bertz CT molecular complexity index is 679. The van der Waals surface area contributed by atoms with E-state index in [9.17, 15) is 4.79 Å². The zero-order valence-corrected chi connectivity index (χ0v) is 13.9. The summed E-state index contributed by atoms with van der Waals surface area (Å²) in [5.41, 5.74) is 1.78. The average Bonchev–Trinajstić information content (AvgIpc) is 3.04. The van der Waals surface area contributed by atoms with Crippen molar-refractivity contribution in [2.45, 2.75) is 45.2 Å². The highest BCUT2D eigenvalue weighted by Crippen LogP contribution is 2.22. The molecular formula is C17H23N5O2. The molecule has 0 aromatic carbocycles. The maximum Gasteiger partial charge on any atom is 0.222 e. The van der Waals surface area contributed by atoms with E-state index in [0.717, 1.165) is 36.7 Å². The van der Waals surface area contributed by atoms with Crippen molar-refractivity contribution in [1.82, 2.24) is 25.1 Å². The number of aromatic nitrogens is 4. The monoisotopic (exact) mass is 329 g/mol. The van der Waals surface area contributed by atoms with Crippen LogP contribution < -0.4 is 5.32 Å². The Morgan fingerprint density at radius 1 is 1.46 bits per heavy atom. The van der Waals surface area contributed by atoms with Crippen molar-refractivity contribution in [3.8, 4) is 0 Å². The van der Waals surface area contributed by atoms with Gasteiger partial charge in [0.2, 0.25) is 5.91 Å². The van der Waals surface area contributed by atoms with Crippen LogP contribution in [-0.4, -0.2) is 38.9 Å². The van der Waals surface area contributed by atoms with Crippen molar-refractivity contribution >= 4 is 5.91 Å². The lowest BCUT2D eigenvalue weighted by Crippen LogP contribution is -2.25. The van der Waals surface area contributed by atoms with Gasteiger partial charge in [-0.15, -0.1) is 0 Å². The summed E-state index contributed by atoms with van der Waals surface area (Å²) in [5, 5.41) is 7.17. The molecule has 128 valence electrons. The lowest BCUT2D eigenvalue weighted by atomic mass is 10.0. The normalized spacial score (nSPS) is 17.6. The number of hydrogen-bond donors (Lipinski definition) is 1. The van der Waals surface area contributed by atoms with Crippen molar-refractivity contribution in [1.29, 1.82) is 0 Å². The van der Waals surface area contributed by atoms with Gasteiger partial charge >= 0.3 is 0 Å². The molecule has 1 atom stereocenters. The second-order valence-corrected chi connectivity index (χ2v) is 6.07. The molecule has 0 bridgehead atoms. The number of carbonyl (C=O) groups is 1. The average molecular weight is 329 g/mol. The maximum absolute atomic E-state index is 12.0. The van der Waals surface area contributed by atoms with Crippen LogP contribution in [-0.2, 0) is 22.6 Å². The first-order valence-corrected chi connectivity index (χ1v) is 8.37. The number of nitrogens with one attached hydrogen (secondary N) is 1. The van der Waals surface area contributed by atoms with Crippen molar-refractivity contribution in [2.24, 2.45) is 0 Å². The molecule has 0 aliphatic carbocycles. The zero-order chi connectivity index (χ0) is 16.8. The summed E-state index contributed by atoms with van der Waals surface area (Å²) in [6, 6.07) is 3.76. The summed E-state index contributed by atoms with van der Waals surface area (Å²) >= 11 is 0. The molecule has 0 spiro atoms. The Morgan fingerprint density at radius 2 is 2.38 bits per heavy atom. The number of hydrogen-bond acceptors (Lipinski definition) is 5. The quantitative estimate of drug-likeness (QED) is 0.870.